The molecule has 0 unspecified atom stereocenters. The van der Waals surface area contributed by atoms with Gasteiger partial charge in [0.15, 0.2) is 0 Å². The first kappa shape index (κ1) is 10.9. The predicted octanol–water partition coefficient (Wildman–Crippen LogP) is 0.957. The molecule has 0 aromatic rings. The van der Waals surface area contributed by atoms with Crippen molar-refractivity contribution >= 4 is 5.97 Å². The molecule has 0 amide bonds. The average Bonchev–Trinajstić information content (AvgIpc) is 1.68. The Balaban J connectivity index is 0. The summed E-state index contributed by atoms with van der Waals surface area (Å²) in [7, 11) is 1.40. The van der Waals surface area contributed by atoms with E-state index >= 15 is 0 Å². The fourth-order valence-corrected chi connectivity index (χ4v) is 0.306. The van der Waals surface area contributed by atoms with Crippen molar-refractivity contribution in [3.8, 4) is 0 Å². The summed E-state index contributed by atoms with van der Waals surface area (Å²) >= 11 is 0. The van der Waals surface area contributed by atoms with Crippen molar-refractivity contribution in [2.75, 3.05) is 7.11 Å². The maximum absolute atomic E-state index is 10.2. The monoisotopic (exact) mass is 153 g/mol. The number of rotatable bonds is 2. The molecule has 47 valence electrons. The van der Waals surface area contributed by atoms with Crippen LogP contribution < -0.4 is 0 Å². The van der Waals surface area contributed by atoms with Gasteiger partial charge in [0, 0.05) is 25.0 Å². The van der Waals surface area contributed by atoms with Gasteiger partial charge in [-0.1, -0.05) is 6.92 Å². The van der Waals surface area contributed by atoms with Crippen LogP contribution in [0.2, 0.25) is 0 Å². The quantitative estimate of drug-likeness (QED) is 0.552. The van der Waals surface area contributed by atoms with Gasteiger partial charge in [0.2, 0.25) is 0 Å². The third kappa shape index (κ3) is 6.05. The Hall–Kier alpha value is 0.0544. The van der Waals surface area contributed by atoms with Crippen LogP contribution in [0.15, 0.2) is 0 Å². The molecular formula is C5H10O2V. The topological polar surface area (TPSA) is 26.3 Å². The normalized spacial score (nSPS) is 7.25. The molecule has 0 aliphatic carbocycles. The van der Waals surface area contributed by atoms with Crippen LogP contribution in [0.3, 0.4) is 0 Å². The van der Waals surface area contributed by atoms with Crippen LogP contribution in [-0.2, 0) is 28.1 Å². The summed E-state index contributed by atoms with van der Waals surface area (Å²) in [6.07, 6.45) is 1.41. The average molecular weight is 153 g/mol. The van der Waals surface area contributed by atoms with Crippen molar-refractivity contribution in [2.24, 2.45) is 0 Å². The first-order valence-corrected chi connectivity index (χ1v) is 2.38. The van der Waals surface area contributed by atoms with Crippen molar-refractivity contribution in [1.82, 2.24) is 0 Å². The molecular weight excluding hydrogens is 143 g/mol. The summed E-state index contributed by atoms with van der Waals surface area (Å²) in [6.45, 7) is 1.94. The molecule has 0 aromatic heterocycles. The van der Waals surface area contributed by atoms with Crippen molar-refractivity contribution in [1.29, 1.82) is 0 Å². The van der Waals surface area contributed by atoms with Gasteiger partial charge < -0.3 is 4.74 Å². The van der Waals surface area contributed by atoms with Crippen LogP contribution in [0.25, 0.3) is 0 Å². The van der Waals surface area contributed by atoms with E-state index in [2.05, 4.69) is 4.74 Å². The fraction of sp³-hybridized carbons (Fsp3) is 0.800. The van der Waals surface area contributed by atoms with Crippen molar-refractivity contribution in [3.63, 3.8) is 0 Å². The minimum absolute atomic E-state index is 0. The summed E-state index contributed by atoms with van der Waals surface area (Å²) in [5.74, 6) is -0.123. The molecule has 0 saturated carbocycles. The van der Waals surface area contributed by atoms with Gasteiger partial charge in [0.25, 0.3) is 0 Å². The van der Waals surface area contributed by atoms with E-state index in [0.29, 0.717) is 6.42 Å². The molecule has 2 nitrogen and oxygen atoms in total. The van der Waals surface area contributed by atoms with Crippen LogP contribution >= 0.6 is 0 Å². The molecule has 0 rings (SSSR count). The van der Waals surface area contributed by atoms with Crippen molar-refractivity contribution < 1.29 is 28.1 Å². The zero-order valence-electron chi connectivity index (χ0n) is 5.18. The molecule has 0 fully saturated rings. The SMILES string of the molecule is CCCC(=O)OC.[V]. The number of methoxy groups -OCH3 is 1. The number of hydrogen-bond donors (Lipinski definition) is 0. The van der Waals surface area contributed by atoms with E-state index < -0.39 is 0 Å². The molecule has 0 saturated heterocycles. The molecule has 1 radical (unpaired) electrons. The van der Waals surface area contributed by atoms with Crippen LogP contribution in [-0.4, -0.2) is 13.1 Å². The Morgan fingerprint density at radius 3 is 2.25 bits per heavy atom. The van der Waals surface area contributed by atoms with E-state index in [0.717, 1.165) is 6.42 Å². The predicted molar refractivity (Wildman–Crippen MR) is 26.9 cm³/mol. The second-order valence-corrected chi connectivity index (χ2v) is 1.33. The number of ether oxygens (including phenoxy) is 1. The smallest absolute Gasteiger partial charge is 0.305 e. The molecule has 0 bridgehead atoms. The van der Waals surface area contributed by atoms with Crippen LogP contribution in [0.1, 0.15) is 19.8 Å². The van der Waals surface area contributed by atoms with Gasteiger partial charge in [-0.3, -0.25) is 4.79 Å². The molecule has 0 aliphatic heterocycles. The third-order valence-corrected chi connectivity index (χ3v) is 0.682. The Kier molecular flexibility index (Phi) is 9.64. The van der Waals surface area contributed by atoms with Gasteiger partial charge >= 0.3 is 5.97 Å². The van der Waals surface area contributed by atoms with Crippen molar-refractivity contribution in [2.45, 2.75) is 19.8 Å². The standard InChI is InChI=1S/C5H10O2.V/c1-3-4-5(6)7-2;/h3-4H2,1-2H3;. The third-order valence-electron chi connectivity index (χ3n) is 0.682. The van der Waals surface area contributed by atoms with E-state index in [1.54, 1.807) is 0 Å². The molecule has 3 heteroatoms. The number of carbonyl (C=O) groups is 1. The molecule has 0 spiro atoms. The molecule has 0 aromatic carbocycles. The van der Waals surface area contributed by atoms with Gasteiger partial charge in [-0.15, -0.1) is 0 Å². The second-order valence-electron chi connectivity index (χ2n) is 1.33. The Morgan fingerprint density at radius 1 is 1.62 bits per heavy atom. The zero-order chi connectivity index (χ0) is 5.70. The van der Waals surface area contributed by atoms with Crippen molar-refractivity contribution in [3.05, 3.63) is 0 Å². The number of esters is 1. The van der Waals surface area contributed by atoms with Gasteiger partial charge in [-0.2, -0.15) is 0 Å². The first-order chi connectivity index (χ1) is 3.31. The summed E-state index contributed by atoms with van der Waals surface area (Å²) in [5, 5.41) is 0. The molecule has 8 heavy (non-hydrogen) atoms. The zero-order valence-corrected chi connectivity index (χ0v) is 6.57. The minimum Gasteiger partial charge on any atom is -0.469 e. The molecule has 0 aliphatic rings. The summed E-state index contributed by atoms with van der Waals surface area (Å²) in [6, 6.07) is 0. The Bertz CT molecular complexity index is 63.4. The van der Waals surface area contributed by atoms with Crippen LogP contribution in [0.4, 0.5) is 0 Å². The fourth-order valence-electron chi connectivity index (χ4n) is 0.306. The van der Waals surface area contributed by atoms with Crippen LogP contribution in [0, 0.1) is 0 Å². The first-order valence-electron chi connectivity index (χ1n) is 2.38. The summed E-state index contributed by atoms with van der Waals surface area (Å²) < 4.78 is 4.35. The van der Waals surface area contributed by atoms with Gasteiger partial charge in [0.05, 0.1) is 7.11 Å². The van der Waals surface area contributed by atoms with Gasteiger partial charge in [-0.25, -0.2) is 0 Å². The number of carbonyl (C=O) groups excluding carboxylic acids is 1. The number of hydrogen-bond acceptors (Lipinski definition) is 2. The van der Waals surface area contributed by atoms with E-state index in [1.807, 2.05) is 6.92 Å². The summed E-state index contributed by atoms with van der Waals surface area (Å²) in [4.78, 5) is 10.2. The molecule has 0 atom stereocenters. The van der Waals surface area contributed by atoms with E-state index in [4.69, 9.17) is 0 Å². The molecule has 0 N–H and O–H groups in total. The van der Waals surface area contributed by atoms with Gasteiger partial charge in [-0.05, 0) is 6.42 Å². The molecule has 0 heterocycles. The van der Waals surface area contributed by atoms with E-state index in [9.17, 15) is 4.79 Å². The van der Waals surface area contributed by atoms with E-state index in [-0.39, 0.29) is 24.5 Å². The summed E-state index contributed by atoms with van der Waals surface area (Å²) in [5.41, 5.74) is 0. The van der Waals surface area contributed by atoms with Crippen LogP contribution in [0.5, 0.6) is 0 Å². The largest absolute Gasteiger partial charge is 0.469 e. The second kappa shape index (κ2) is 7.05. The maximum atomic E-state index is 10.2. The van der Waals surface area contributed by atoms with E-state index in [1.165, 1.54) is 7.11 Å². The maximum Gasteiger partial charge on any atom is 0.305 e. The Labute approximate surface area is 61.5 Å². The van der Waals surface area contributed by atoms with Gasteiger partial charge in [0.1, 0.15) is 0 Å². The Morgan fingerprint density at radius 2 is 2.12 bits per heavy atom. The minimum atomic E-state index is -0.123.